The highest BCUT2D eigenvalue weighted by atomic mass is 19.4. The Morgan fingerprint density at radius 3 is 2.88 bits per heavy atom. The van der Waals surface area contributed by atoms with Gasteiger partial charge in [0.2, 0.25) is 0 Å². The van der Waals surface area contributed by atoms with E-state index in [0.717, 1.165) is 25.2 Å². The number of hydrogen-bond donors (Lipinski definition) is 1. The predicted molar refractivity (Wildman–Crippen MR) is 57.7 cm³/mol. The lowest BCUT2D eigenvalue weighted by Crippen LogP contribution is -2.28. The van der Waals surface area contributed by atoms with Crippen LogP contribution >= 0.6 is 0 Å². The maximum atomic E-state index is 12.2. The monoisotopic (exact) mass is 247 g/mol. The maximum absolute atomic E-state index is 12.2. The molecule has 1 aromatic rings. The van der Waals surface area contributed by atoms with Crippen molar-refractivity contribution in [3.63, 3.8) is 0 Å². The topological polar surface area (TPSA) is 29.9 Å². The average Bonchev–Trinajstić information content (AvgIpc) is 2.82. The van der Waals surface area contributed by atoms with E-state index in [2.05, 4.69) is 17.2 Å². The third-order valence-electron chi connectivity index (χ3n) is 3.34. The van der Waals surface area contributed by atoms with Gasteiger partial charge in [-0.05, 0) is 13.0 Å². The zero-order valence-electron chi connectivity index (χ0n) is 9.72. The quantitative estimate of drug-likeness (QED) is 0.886. The van der Waals surface area contributed by atoms with Gasteiger partial charge < -0.3 is 9.88 Å². The van der Waals surface area contributed by atoms with Crippen molar-refractivity contribution >= 4 is 0 Å². The summed E-state index contributed by atoms with van der Waals surface area (Å²) in [6, 6.07) is 0. The van der Waals surface area contributed by atoms with Gasteiger partial charge in [0.25, 0.3) is 0 Å². The van der Waals surface area contributed by atoms with E-state index in [-0.39, 0.29) is 12.0 Å². The van der Waals surface area contributed by atoms with Crippen LogP contribution in [0, 0.1) is 0 Å². The molecule has 6 heteroatoms. The first-order chi connectivity index (χ1) is 7.91. The van der Waals surface area contributed by atoms with Crippen molar-refractivity contribution in [1.82, 2.24) is 14.9 Å². The van der Waals surface area contributed by atoms with E-state index in [9.17, 15) is 13.2 Å². The molecule has 1 aliphatic rings. The summed E-state index contributed by atoms with van der Waals surface area (Å²) in [6.45, 7) is 3.72. The highest BCUT2D eigenvalue weighted by Gasteiger charge is 2.34. The highest BCUT2D eigenvalue weighted by Crippen LogP contribution is 2.30. The van der Waals surface area contributed by atoms with Crippen LogP contribution < -0.4 is 5.32 Å². The molecule has 1 saturated heterocycles. The summed E-state index contributed by atoms with van der Waals surface area (Å²) in [7, 11) is 0. The number of imidazole rings is 1. The molecule has 1 atom stereocenters. The van der Waals surface area contributed by atoms with Crippen molar-refractivity contribution in [2.75, 3.05) is 13.1 Å². The molecule has 1 aliphatic heterocycles. The second-order valence-electron chi connectivity index (χ2n) is 4.82. The smallest absolute Gasteiger partial charge is 0.334 e. The van der Waals surface area contributed by atoms with Crippen molar-refractivity contribution < 1.29 is 13.2 Å². The largest absolute Gasteiger partial charge is 0.390 e. The molecule has 1 fully saturated rings. The van der Waals surface area contributed by atoms with Crippen LogP contribution in [0.4, 0.5) is 13.2 Å². The lowest BCUT2D eigenvalue weighted by Gasteiger charge is -2.24. The highest BCUT2D eigenvalue weighted by molar-refractivity contribution is 5.17. The fraction of sp³-hybridized carbons (Fsp3) is 0.727. The maximum Gasteiger partial charge on any atom is 0.390 e. The Hall–Kier alpha value is -1.04. The lowest BCUT2D eigenvalue weighted by atomic mass is 9.86. The molecule has 0 amide bonds. The SMILES string of the molecule is CC1(c2cncn2CCC(F)(F)F)CCNC1. The van der Waals surface area contributed by atoms with Crippen LogP contribution in [0.25, 0.3) is 0 Å². The molecule has 0 aromatic carbocycles. The molecule has 0 radical (unpaired) electrons. The van der Waals surface area contributed by atoms with E-state index in [4.69, 9.17) is 0 Å². The zero-order chi connectivity index (χ0) is 12.5. The van der Waals surface area contributed by atoms with Gasteiger partial charge in [-0.1, -0.05) is 6.92 Å². The van der Waals surface area contributed by atoms with Crippen LogP contribution in [0.2, 0.25) is 0 Å². The third kappa shape index (κ3) is 2.80. The lowest BCUT2D eigenvalue weighted by molar-refractivity contribution is -0.136. The molecule has 0 bridgehead atoms. The number of nitrogens with one attached hydrogen (secondary N) is 1. The number of halogens is 3. The van der Waals surface area contributed by atoms with E-state index in [0.29, 0.717) is 0 Å². The molecule has 0 aliphatic carbocycles. The summed E-state index contributed by atoms with van der Waals surface area (Å²) in [5, 5.41) is 3.24. The number of rotatable bonds is 3. The minimum Gasteiger partial charge on any atom is -0.334 e. The first kappa shape index (κ1) is 12.4. The molecular formula is C11H16F3N3. The van der Waals surface area contributed by atoms with Gasteiger partial charge in [-0.15, -0.1) is 0 Å². The number of nitrogens with zero attached hydrogens (tertiary/aromatic N) is 2. The van der Waals surface area contributed by atoms with Gasteiger partial charge >= 0.3 is 6.18 Å². The summed E-state index contributed by atoms with van der Waals surface area (Å²) in [6.07, 6.45) is -0.811. The van der Waals surface area contributed by atoms with Gasteiger partial charge in [-0.25, -0.2) is 4.98 Å². The van der Waals surface area contributed by atoms with Crippen LogP contribution in [0.5, 0.6) is 0 Å². The average molecular weight is 247 g/mol. The number of hydrogen-bond acceptors (Lipinski definition) is 2. The zero-order valence-corrected chi connectivity index (χ0v) is 9.72. The second kappa shape index (κ2) is 4.33. The summed E-state index contributed by atoms with van der Waals surface area (Å²) in [4.78, 5) is 3.98. The van der Waals surface area contributed by atoms with Crippen LogP contribution in [-0.4, -0.2) is 28.8 Å². The van der Waals surface area contributed by atoms with E-state index in [1.165, 1.54) is 6.33 Å². The molecule has 1 unspecified atom stereocenters. The van der Waals surface area contributed by atoms with Gasteiger partial charge in [-0.3, -0.25) is 0 Å². The second-order valence-corrected chi connectivity index (χ2v) is 4.82. The Labute approximate surface area is 98.0 Å². The summed E-state index contributed by atoms with van der Waals surface area (Å²) >= 11 is 0. The molecule has 2 rings (SSSR count). The van der Waals surface area contributed by atoms with Crippen LogP contribution in [-0.2, 0) is 12.0 Å². The Kier molecular flexibility index (Phi) is 3.16. The van der Waals surface area contributed by atoms with E-state index in [1.807, 2.05) is 0 Å². The van der Waals surface area contributed by atoms with Gasteiger partial charge in [0.05, 0.1) is 12.7 Å². The summed E-state index contributed by atoms with van der Waals surface area (Å²) < 4.78 is 38.2. The summed E-state index contributed by atoms with van der Waals surface area (Å²) in [5.74, 6) is 0. The summed E-state index contributed by atoms with van der Waals surface area (Å²) in [5.41, 5.74) is 0.800. The van der Waals surface area contributed by atoms with Crippen molar-refractivity contribution in [3.8, 4) is 0 Å². The number of aromatic nitrogens is 2. The van der Waals surface area contributed by atoms with Crippen molar-refractivity contribution in [1.29, 1.82) is 0 Å². The fourth-order valence-corrected chi connectivity index (χ4v) is 2.28. The predicted octanol–water partition coefficient (Wildman–Crippen LogP) is 2.09. The molecular weight excluding hydrogens is 231 g/mol. The molecule has 3 nitrogen and oxygen atoms in total. The van der Waals surface area contributed by atoms with Crippen molar-refractivity contribution in [3.05, 3.63) is 18.2 Å². The van der Waals surface area contributed by atoms with Gasteiger partial charge in [-0.2, -0.15) is 13.2 Å². The molecule has 0 spiro atoms. The first-order valence-corrected chi connectivity index (χ1v) is 5.69. The van der Waals surface area contributed by atoms with Crippen LogP contribution in [0.15, 0.2) is 12.5 Å². The minimum absolute atomic E-state index is 0.0472. The van der Waals surface area contributed by atoms with E-state index in [1.54, 1.807) is 10.8 Å². The Morgan fingerprint density at radius 1 is 1.53 bits per heavy atom. The third-order valence-corrected chi connectivity index (χ3v) is 3.34. The fourth-order valence-electron chi connectivity index (χ4n) is 2.28. The van der Waals surface area contributed by atoms with E-state index >= 15 is 0 Å². The molecule has 2 heterocycles. The van der Waals surface area contributed by atoms with E-state index < -0.39 is 12.6 Å². The van der Waals surface area contributed by atoms with Crippen molar-refractivity contribution in [2.24, 2.45) is 0 Å². The number of alkyl halides is 3. The molecule has 1 N–H and O–H groups in total. The molecule has 1 aromatic heterocycles. The standard InChI is InChI=1S/C11H16F3N3/c1-10(2-4-15-7-10)9-6-16-8-17(9)5-3-11(12,13)14/h6,8,15H,2-5,7H2,1H3. The van der Waals surface area contributed by atoms with Crippen LogP contribution in [0.3, 0.4) is 0 Å². The van der Waals surface area contributed by atoms with Crippen molar-refractivity contribution in [2.45, 2.75) is 37.9 Å². The minimum atomic E-state index is -4.11. The molecule has 96 valence electrons. The Morgan fingerprint density at radius 2 is 2.29 bits per heavy atom. The Balaban J connectivity index is 2.11. The first-order valence-electron chi connectivity index (χ1n) is 5.69. The normalized spacial score (nSPS) is 25.4. The molecule has 0 saturated carbocycles. The van der Waals surface area contributed by atoms with Gasteiger partial charge in [0, 0.05) is 30.4 Å². The van der Waals surface area contributed by atoms with Gasteiger partial charge in [0.1, 0.15) is 0 Å². The van der Waals surface area contributed by atoms with Gasteiger partial charge in [0.15, 0.2) is 0 Å². The number of aryl methyl sites for hydroxylation is 1. The Bertz CT molecular complexity index is 378. The van der Waals surface area contributed by atoms with Crippen LogP contribution in [0.1, 0.15) is 25.5 Å². The molecule has 17 heavy (non-hydrogen) atoms.